The predicted octanol–water partition coefficient (Wildman–Crippen LogP) is 2.24. The van der Waals surface area contributed by atoms with Crippen molar-refractivity contribution in [3.8, 4) is 0 Å². The zero-order chi connectivity index (χ0) is 16.5. The van der Waals surface area contributed by atoms with Gasteiger partial charge in [0.15, 0.2) is 6.10 Å². The van der Waals surface area contributed by atoms with Crippen LogP contribution in [-0.2, 0) is 20.7 Å². The van der Waals surface area contributed by atoms with E-state index in [-0.39, 0.29) is 12.5 Å². The minimum atomic E-state index is -0.993. The van der Waals surface area contributed by atoms with Crippen LogP contribution in [0.1, 0.15) is 38.5 Å². The molecule has 1 rings (SSSR count). The molecule has 22 heavy (non-hydrogen) atoms. The average Bonchev–Trinajstić information content (AvgIpc) is 2.90. The standard InChI is InChI=1S/C15H22N2O4S/c1-10(2)16-15(20)17-14(19)11(3)21-13(18)8-4-6-12-7-5-9-22-12/h5,7,9-11H,4,6,8H2,1-3H3,(H2,16,17,19,20). The molecule has 0 spiro atoms. The molecule has 6 nitrogen and oxygen atoms in total. The second-order valence-electron chi connectivity index (χ2n) is 5.18. The lowest BCUT2D eigenvalue weighted by Crippen LogP contribution is -2.46. The first kappa shape index (κ1) is 18.2. The number of amides is 3. The molecular weight excluding hydrogens is 304 g/mol. The van der Waals surface area contributed by atoms with Crippen molar-refractivity contribution in [3.63, 3.8) is 0 Å². The predicted molar refractivity (Wildman–Crippen MR) is 84.6 cm³/mol. The molecule has 1 heterocycles. The van der Waals surface area contributed by atoms with Crippen LogP contribution in [0.15, 0.2) is 17.5 Å². The molecule has 0 fully saturated rings. The summed E-state index contributed by atoms with van der Waals surface area (Å²) in [5.41, 5.74) is 0. The number of aryl methyl sites for hydroxylation is 1. The third kappa shape index (κ3) is 7.21. The van der Waals surface area contributed by atoms with Crippen molar-refractivity contribution in [2.24, 2.45) is 0 Å². The van der Waals surface area contributed by atoms with E-state index in [4.69, 9.17) is 4.74 Å². The fourth-order valence-electron chi connectivity index (χ4n) is 1.68. The van der Waals surface area contributed by atoms with Crippen molar-refractivity contribution in [1.82, 2.24) is 10.6 Å². The van der Waals surface area contributed by atoms with Crippen molar-refractivity contribution in [1.29, 1.82) is 0 Å². The maximum absolute atomic E-state index is 11.7. The zero-order valence-corrected chi connectivity index (χ0v) is 13.9. The summed E-state index contributed by atoms with van der Waals surface area (Å²) in [5.74, 6) is -1.08. The van der Waals surface area contributed by atoms with Crippen LogP contribution < -0.4 is 10.6 Å². The van der Waals surface area contributed by atoms with Gasteiger partial charge in [0.05, 0.1) is 0 Å². The number of carbonyl (C=O) groups is 3. The van der Waals surface area contributed by atoms with Gasteiger partial charge < -0.3 is 10.1 Å². The summed E-state index contributed by atoms with van der Waals surface area (Å²) in [6.45, 7) is 5.00. The van der Waals surface area contributed by atoms with E-state index in [1.54, 1.807) is 25.2 Å². The van der Waals surface area contributed by atoms with Gasteiger partial charge in [0.2, 0.25) is 0 Å². The monoisotopic (exact) mass is 326 g/mol. The molecule has 0 saturated heterocycles. The van der Waals surface area contributed by atoms with Crippen molar-refractivity contribution < 1.29 is 19.1 Å². The highest BCUT2D eigenvalue weighted by molar-refractivity contribution is 7.09. The Morgan fingerprint density at radius 2 is 2.00 bits per heavy atom. The van der Waals surface area contributed by atoms with Gasteiger partial charge in [0.25, 0.3) is 5.91 Å². The zero-order valence-electron chi connectivity index (χ0n) is 13.0. The van der Waals surface area contributed by atoms with Gasteiger partial charge in [-0.05, 0) is 45.1 Å². The fourth-order valence-corrected chi connectivity index (χ4v) is 2.43. The van der Waals surface area contributed by atoms with Gasteiger partial charge in [-0.2, -0.15) is 0 Å². The molecule has 1 aromatic rings. The lowest BCUT2D eigenvalue weighted by Gasteiger charge is -2.14. The molecule has 3 amide bonds. The summed E-state index contributed by atoms with van der Waals surface area (Å²) < 4.78 is 5.01. The second kappa shape index (κ2) is 9.19. The Bertz CT molecular complexity index is 500. The Morgan fingerprint density at radius 1 is 1.27 bits per heavy atom. The number of hydrogen-bond donors (Lipinski definition) is 2. The van der Waals surface area contributed by atoms with Crippen LogP contribution in [-0.4, -0.2) is 30.1 Å². The summed E-state index contributed by atoms with van der Waals surface area (Å²) in [7, 11) is 0. The SMILES string of the molecule is CC(C)NC(=O)NC(=O)C(C)OC(=O)CCCc1cccs1. The van der Waals surface area contributed by atoms with E-state index in [0.29, 0.717) is 6.42 Å². The first-order valence-electron chi connectivity index (χ1n) is 7.21. The Morgan fingerprint density at radius 3 is 2.59 bits per heavy atom. The topological polar surface area (TPSA) is 84.5 Å². The van der Waals surface area contributed by atoms with Crippen molar-refractivity contribution >= 4 is 29.2 Å². The molecule has 1 atom stereocenters. The molecular formula is C15H22N2O4S. The molecule has 0 aliphatic rings. The molecule has 1 unspecified atom stereocenters. The molecule has 7 heteroatoms. The third-order valence-corrected chi connectivity index (χ3v) is 3.65. The molecule has 122 valence electrons. The Hall–Kier alpha value is -1.89. The fraction of sp³-hybridized carbons (Fsp3) is 0.533. The molecule has 0 saturated carbocycles. The van der Waals surface area contributed by atoms with E-state index in [1.165, 1.54) is 11.8 Å². The number of ether oxygens (including phenoxy) is 1. The van der Waals surface area contributed by atoms with E-state index in [1.807, 2.05) is 17.5 Å². The average molecular weight is 326 g/mol. The smallest absolute Gasteiger partial charge is 0.321 e. The minimum Gasteiger partial charge on any atom is -0.453 e. The van der Waals surface area contributed by atoms with Gasteiger partial charge in [-0.25, -0.2) is 4.79 Å². The lowest BCUT2D eigenvalue weighted by molar-refractivity contribution is -0.154. The number of nitrogens with one attached hydrogen (secondary N) is 2. The molecule has 1 aromatic heterocycles. The quantitative estimate of drug-likeness (QED) is 0.753. The highest BCUT2D eigenvalue weighted by atomic mass is 32.1. The summed E-state index contributed by atoms with van der Waals surface area (Å²) in [4.78, 5) is 35.9. The number of urea groups is 1. The number of thiophene rings is 1. The van der Waals surface area contributed by atoms with Gasteiger partial charge in [0.1, 0.15) is 0 Å². The van der Waals surface area contributed by atoms with Crippen molar-refractivity contribution in [2.45, 2.75) is 52.2 Å². The molecule has 0 aliphatic heterocycles. The summed E-state index contributed by atoms with van der Waals surface area (Å²) in [6.07, 6.45) is 0.728. The van der Waals surface area contributed by atoms with E-state index >= 15 is 0 Å². The number of hydrogen-bond acceptors (Lipinski definition) is 5. The van der Waals surface area contributed by atoms with Crippen molar-refractivity contribution in [2.75, 3.05) is 0 Å². The van der Waals surface area contributed by atoms with Gasteiger partial charge in [0, 0.05) is 17.3 Å². The molecule has 0 radical (unpaired) electrons. The summed E-state index contributed by atoms with van der Waals surface area (Å²) in [6, 6.07) is 3.30. The van der Waals surface area contributed by atoms with Gasteiger partial charge in [-0.15, -0.1) is 11.3 Å². The summed E-state index contributed by atoms with van der Waals surface area (Å²) >= 11 is 1.64. The Balaban J connectivity index is 2.24. The lowest BCUT2D eigenvalue weighted by atomic mass is 10.2. The highest BCUT2D eigenvalue weighted by Gasteiger charge is 2.19. The van der Waals surface area contributed by atoms with Crippen LogP contribution in [0.5, 0.6) is 0 Å². The van der Waals surface area contributed by atoms with E-state index in [0.717, 1.165) is 6.42 Å². The van der Waals surface area contributed by atoms with Crippen LogP contribution in [0.4, 0.5) is 4.79 Å². The maximum atomic E-state index is 11.7. The highest BCUT2D eigenvalue weighted by Crippen LogP contribution is 2.12. The largest absolute Gasteiger partial charge is 0.453 e. The molecule has 2 N–H and O–H groups in total. The second-order valence-corrected chi connectivity index (χ2v) is 6.21. The van der Waals surface area contributed by atoms with Crippen molar-refractivity contribution in [3.05, 3.63) is 22.4 Å². The van der Waals surface area contributed by atoms with Gasteiger partial charge in [-0.1, -0.05) is 6.07 Å². The third-order valence-electron chi connectivity index (χ3n) is 2.72. The number of imide groups is 1. The first-order chi connectivity index (χ1) is 10.4. The Labute approximate surface area is 134 Å². The van der Waals surface area contributed by atoms with Crippen LogP contribution in [0.25, 0.3) is 0 Å². The number of carbonyl (C=O) groups excluding carboxylic acids is 3. The first-order valence-corrected chi connectivity index (χ1v) is 8.09. The van der Waals surface area contributed by atoms with Crippen LogP contribution in [0.3, 0.4) is 0 Å². The molecule has 0 aromatic carbocycles. The molecule has 0 aliphatic carbocycles. The summed E-state index contributed by atoms with van der Waals surface area (Å²) in [5, 5.41) is 6.64. The van der Waals surface area contributed by atoms with E-state index in [9.17, 15) is 14.4 Å². The van der Waals surface area contributed by atoms with Crippen LogP contribution in [0, 0.1) is 0 Å². The normalized spacial score (nSPS) is 11.8. The minimum absolute atomic E-state index is 0.0806. The Kier molecular flexibility index (Phi) is 7.59. The number of rotatable bonds is 7. The van der Waals surface area contributed by atoms with Gasteiger partial charge >= 0.3 is 12.0 Å². The maximum Gasteiger partial charge on any atom is 0.321 e. The molecule has 0 bridgehead atoms. The van der Waals surface area contributed by atoms with Gasteiger partial charge in [-0.3, -0.25) is 14.9 Å². The van der Waals surface area contributed by atoms with Crippen LogP contribution in [0.2, 0.25) is 0 Å². The van der Waals surface area contributed by atoms with Crippen LogP contribution >= 0.6 is 11.3 Å². The van der Waals surface area contributed by atoms with E-state index in [2.05, 4.69) is 10.6 Å². The van der Waals surface area contributed by atoms with E-state index < -0.39 is 24.0 Å². The number of esters is 1.